The molecule has 3 aromatic rings. The fraction of sp³-hybridized carbons (Fsp3) is 0.360. The van der Waals surface area contributed by atoms with Crippen LogP contribution in [0.15, 0.2) is 59.0 Å². The molecule has 6 heteroatoms. The molecule has 0 spiro atoms. The lowest BCUT2D eigenvalue weighted by Gasteiger charge is -2.18. The topological polar surface area (TPSA) is 73.6 Å². The van der Waals surface area contributed by atoms with Gasteiger partial charge in [0.25, 0.3) is 0 Å². The summed E-state index contributed by atoms with van der Waals surface area (Å²) >= 11 is 0. The van der Waals surface area contributed by atoms with Crippen molar-refractivity contribution in [3.05, 3.63) is 71.6 Å². The Morgan fingerprint density at radius 3 is 2.81 bits per heavy atom. The number of benzene rings is 2. The number of carbonyl (C=O) groups excluding carboxylic acids is 1. The molecule has 0 unspecified atom stereocenters. The highest BCUT2D eigenvalue weighted by Crippen LogP contribution is 2.32. The normalized spacial score (nSPS) is 18.1. The van der Waals surface area contributed by atoms with Crippen molar-refractivity contribution in [3.63, 3.8) is 0 Å². The molecule has 1 aliphatic rings. The third-order valence-electron chi connectivity index (χ3n) is 5.80. The first kappa shape index (κ1) is 21.1. The number of hydrogen-bond donors (Lipinski definition) is 1. The third kappa shape index (κ3) is 5.14. The van der Waals surface area contributed by atoms with E-state index in [0.29, 0.717) is 25.3 Å². The van der Waals surface area contributed by atoms with Crippen LogP contribution in [-0.2, 0) is 16.0 Å². The summed E-state index contributed by atoms with van der Waals surface area (Å²) in [5, 5.41) is 3.39. The Morgan fingerprint density at radius 2 is 2.00 bits per heavy atom. The van der Waals surface area contributed by atoms with Gasteiger partial charge in [0.1, 0.15) is 11.5 Å². The van der Waals surface area contributed by atoms with Gasteiger partial charge in [0, 0.05) is 24.4 Å². The molecule has 2 aromatic carbocycles. The molecule has 6 nitrogen and oxygen atoms in total. The van der Waals surface area contributed by atoms with Gasteiger partial charge >= 0.3 is 5.97 Å². The number of carbonyl (C=O) groups is 1. The molecule has 1 aliphatic heterocycles. The first-order chi connectivity index (χ1) is 15.1. The van der Waals surface area contributed by atoms with Crippen LogP contribution in [0, 0.1) is 12.8 Å². The van der Waals surface area contributed by atoms with E-state index in [4.69, 9.17) is 13.9 Å². The number of oxazole rings is 1. The summed E-state index contributed by atoms with van der Waals surface area (Å²) in [4.78, 5) is 16.4. The fourth-order valence-corrected chi connectivity index (χ4v) is 4.10. The summed E-state index contributed by atoms with van der Waals surface area (Å²) in [5.74, 6) is 2.62. The maximum Gasteiger partial charge on any atom is 0.305 e. The molecular weight excluding hydrogens is 392 g/mol. The number of hydrogen-bond acceptors (Lipinski definition) is 6. The second-order valence-corrected chi connectivity index (χ2v) is 7.86. The Bertz CT molecular complexity index is 1020. The summed E-state index contributed by atoms with van der Waals surface area (Å²) in [5.41, 5.74) is 3.06. The van der Waals surface area contributed by atoms with E-state index < -0.39 is 0 Å². The lowest BCUT2D eigenvalue weighted by atomic mass is 9.87. The van der Waals surface area contributed by atoms with Crippen molar-refractivity contribution in [2.24, 2.45) is 5.92 Å². The van der Waals surface area contributed by atoms with Crippen molar-refractivity contribution < 1.29 is 18.7 Å². The van der Waals surface area contributed by atoms with Crippen molar-refractivity contribution in [2.75, 3.05) is 26.8 Å². The third-order valence-corrected chi connectivity index (χ3v) is 5.80. The van der Waals surface area contributed by atoms with Gasteiger partial charge in [-0.05, 0) is 49.2 Å². The minimum Gasteiger partial charge on any atom is -0.493 e. The van der Waals surface area contributed by atoms with Crippen LogP contribution in [0.4, 0.5) is 0 Å². The lowest BCUT2D eigenvalue weighted by Crippen LogP contribution is -2.16. The zero-order chi connectivity index (χ0) is 21.6. The summed E-state index contributed by atoms with van der Waals surface area (Å²) in [6, 6.07) is 18.0. The summed E-state index contributed by atoms with van der Waals surface area (Å²) in [6.07, 6.45) is 1.09. The Balaban J connectivity index is 1.37. The predicted octanol–water partition coefficient (Wildman–Crippen LogP) is 4.14. The minimum absolute atomic E-state index is 0.163. The summed E-state index contributed by atoms with van der Waals surface area (Å²) < 4.78 is 16.7. The number of rotatable bonds is 8. The molecule has 2 atom stereocenters. The first-order valence-electron chi connectivity index (χ1n) is 10.7. The predicted molar refractivity (Wildman–Crippen MR) is 118 cm³/mol. The van der Waals surface area contributed by atoms with Crippen LogP contribution in [0.25, 0.3) is 11.5 Å². The van der Waals surface area contributed by atoms with Gasteiger partial charge in [0.15, 0.2) is 0 Å². The molecule has 0 aliphatic carbocycles. The molecule has 1 aromatic heterocycles. The summed E-state index contributed by atoms with van der Waals surface area (Å²) in [6.45, 7) is 4.12. The van der Waals surface area contributed by atoms with Crippen LogP contribution in [0.5, 0.6) is 5.75 Å². The standard InChI is InChI=1S/C25H28N2O4/c1-17-23(27-25(31-17)18-7-4-3-5-8-18)11-12-30-21-10-6-9-19(13-21)22-16-26-15-20(22)14-24(28)29-2/h3-10,13,20,22,26H,11-12,14-16H2,1-2H3/t20-,22-/m1/s1. The van der Waals surface area contributed by atoms with Gasteiger partial charge in [-0.25, -0.2) is 4.98 Å². The van der Waals surface area contributed by atoms with Gasteiger partial charge in [-0.1, -0.05) is 30.3 Å². The number of aryl methyl sites for hydroxylation is 1. The van der Waals surface area contributed by atoms with Crippen molar-refractivity contribution in [1.82, 2.24) is 10.3 Å². The molecule has 4 rings (SSSR count). The van der Waals surface area contributed by atoms with Crippen molar-refractivity contribution in [3.8, 4) is 17.2 Å². The smallest absolute Gasteiger partial charge is 0.305 e. The fourth-order valence-electron chi connectivity index (χ4n) is 4.10. The largest absolute Gasteiger partial charge is 0.493 e. The highest BCUT2D eigenvalue weighted by molar-refractivity contribution is 5.69. The number of methoxy groups -OCH3 is 1. The Kier molecular flexibility index (Phi) is 6.67. The molecular formula is C25H28N2O4. The lowest BCUT2D eigenvalue weighted by molar-refractivity contribution is -0.141. The molecule has 1 saturated heterocycles. The van der Waals surface area contributed by atoms with Crippen molar-refractivity contribution in [1.29, 1.82) is 0 Å². The number of ether oxygens (including phenoxy) is 2. The Labute approximate surface area is 182 Å². The quantitative estimate of drug-likeness (QED) is 0.552. The SMILES string of the molecule is COC(=O)C[C@@H]1CNC[C@@H]1c1cccc(OCCc2nc(-c3ccccc3)oc2C)c1. The molecule has 0 bridgehead atoms. The van der Waals surface area contributed by atoms with Gasteiger partial charge in [0.05, 0.1) is 25.8 Å². The summed E-state index contributed by atoms with van der Waals surface area (Å²) in [7, 11) is 1.44. The second kappa shape index (κ2) is 9.79. The number of nitrogens with one attached hydrogen (secondary N) is 1. The van der Waals surface area contributed by atoms with Gasteiger partial charge in [0.2, 0.25) is 5.89 Å². The molecule has 31 heavy (non-hydrogen) atoms. The minimum atomic E-state index is -0.163. The highest BCUT2D eigenvalue weighted by atomic mass is 16.5. The van der Waals surface area contributed by atoms with Crippen molar-refractivity contribution in [2.45, 2.75) is 25.7 Å². The monoisotopic (exact) mass is 420 g/mol. The first-order valence-corrected chi connectivity index (χ1v) is 10.7. The molecule has 0 amide bonds. The van der Waals surface area contributed by atoms with Crippen LogP contribution in [-0.4, -0.2) is 37.8 Å². The van der Waals surface area contributed by atoms with E-state index in [1.807, 2.05) is 49.4 Å². The van der Waals surface area contributed by atoms with Crippen LogP contribution < -0.4 is 10.1 Å². The van der Waals surface area contributed by atoms with Crippen LogP contribution in [0.3, 0.4) is 0 Å². The van der Waals surface area contributed by atoms with Crippen LogP contribution in [0.2, 0.25) is 0 Å². The van der Waals surface area contributed by atoms with E-state index in [0.717, 1.165) is 35.9 Å². The van der Waals surface area contributed by atoms with E-state index in [1.54, 1.807) is 0 Å². The van der Waals surface area contributed by atoms with Gasteiger partial charge < -0.3 is 19.2 Å². The van der Waals surface area contributed by atoms with E-state index in [2.05, 4.69) is 22.4 Å². The second-order valence-electron chi connectivity index (χ2n) is 7.86. The van der Waals surface area contributed by atoms with E-state index in [-0.39, 0.29) is 17.8 Å². The van der Waals surface area contributed by atoms with Crippen LogP contribution >= 0.6 is 0 Å². The highest BCUT2D eigenvalue weighted by Gasteiger charge is 2.30. The Hall–Kier alpha value is -3.12. The van der Waals surface area contributed by atoms with E-state index in [1.165, 1.54) is 12.7 Å². The maximum absolute atomic E-state index is 11.7. The van der Waals surface area contributed by atoms with Gasteiger partial charge in [-0.3, -0.25) is 4.79 Å². The maximum atomic E-state index is 11.7. The van der Waals surface area contributed by atoms with E-state index in [9.17, 15) is 4.79 Å². The zero-order valence-corrected chi connectivity index (χ0v) is 18.0. The number of aromatic nitrogens is 1. The number of nitrogens with zero attached hydrogens (tertiary/aromatic N) is 1. The average molecular weight is 421 g/mol. The molecule has 0 radical (unpaired) electrons. The molecule has 0 saturated carbocycles. The molecule has 162 valence electrons. The number of esters is 1. The van der Waals surface area contributed by atoms with Gasteiger partial charge in [-0.2, -0.15) is 0 Å². The van der Waals surface area contributed by atoms with Crippen LogP contribution in [0.1, 0.15) is 29.4 Å². The average Bonchev–Trinajstić information content (AvgIpc) is 3.41. The van der Waals surface area contributed by atoms with Gasteiger partial charge in [-0.15, -0.1) is 0 Å². The Morgan fingerprint density at radius 1 is 1.16 bits per heavy atom. The molecule has 1 N–H and O–H groups in total. The van der Waals surface area contributed by atoms with Crippen molar-refractivity contribution >= 4 is 5.97 Å². The zero-order valence-electron chi connectivity index (χ0n) is 18.0. The molecule has 1 fully saturated rings. The van der Waals surface area contributed by atoms with E-state index >= 15 is 0 Å². The molecule has 2 heterocycles.